The van der Waals surface area contributed by atoms with Crippen LogP contribution in [0, 0.1) is 30.1 Å². The molecule has 2 saturated heterocycles. The number of carbonyl (C=O) groups excluding carboxylic acids is 3. The van der Waals surface area contributed by atoms with Gasteiger partial charge in [-0.2, -0.15) is 13.2 Å². The predicted octanol–water partition coefficient (Wildman–Crippen LogP) is 4.25. The van der Waals surface area contributed by atoms with Crippen LogP contribution < -0.4 is 10.6 Å². The molecule has 0 spiro atoms. The largest absolute Gasteiger partial charge is 0.490 e. The molecule has 3 aliphatic rings. The number of pyridine rings is 2. The summed E-state index contributed by atoms with van der Waals surface area (Å²) in [5.74, 6) is -3.44. The van der Waals surface area contributed by atoms with E-state index in [0.29, 0.717) is 29.6 Å². The van der Waals surface area contributed by atoms with E-state index in [1.165, 1.54) is 16.2 Å². The van der Waals surface area contributed by atoms with E-state index in [4.69, 9.17) is 21.5 Å². The second kappa shape index (κ2) is 10.6. The zero-order valence-electron chi connectivity index (χ0n) is 22.5. The molecular formula is C27H25ClF3N5O5S. The van der Waals surface area contributed by atoms with Crippen LogP contribution >= 0.6 is 22.9 Å². The van der Waals surface area contributed by atoms with Crippen molar-refractivity contribution in [1.29, 1.82) is 0 Å². The number of anilines is 1. The molecule has 0 bridgehead atoms. The van der Waals surface area contributed by atoms with Crippen molar-refractivity contribution in [3.05, 3.63) is 40.1 Å². The lowest BCUT2D eigenvalue weighted by Crippen LogP contribution is -2.48. The molecule has 2 unspecified atom stereocenters. The van der Waals surface area contributed by atoms with Crippen LogP contribution in [0.3, 0.4) is 0 Å². The van der Waals surface area contributed by atoms with Crippen LogP contribution in [0.4, 0.5) is 18.9 Å². The van der Waals surface area contributed by atoms with E-state index in [9.17, 15) is 27.6 Å². The van der Waals surface area contributed by atoms with E-state index in [0.717, 1.165) is 26.2 Å². The van der Waals surface area contributed by atoms with Crippen molar-refractivity contribution in [2.75, 3.05) is 18.4 Å². The number of halogens is 4. The number of rotatable bonds is 5. The molecule has 3 amide bonds. The van der Waals surface area contributed by atoms with Gasteiger partial charge in [0.25, 0.3) is 0 Å². The molecule has 1 aliphatic carbocycles. The highest BCUT2D eigenvalue weighted by Gasteiger charge is 2.72. The number of aliphatic carboxylic acids is 1. The Bertz CT molecular complexity index is 1610. The summed E-state index contributed by atoms with van der Waals surface area (Å²) in [5.41, 5.74) is 3.42. The molecule has 15 heteroatoms. The zero-order chi connectivity index (χ0) is 30.7. The van der Waals surface area contributed by atoms with Crippen molar-refractivity contribution in [2.45, 2.75) is 33.5 Å². The lowest BCUT2D eigenvalue weighted by atomic mass is 10.0. The zero-order valence-corrected chi connectivity index (χ0v) is 24.1. The van der Waals surface area contributed by atoms with E-state index < -0.39 is 12.1 Å². The van der Waals surface area contributed by atoms with Crippen LogP contribution in [0.25, 0.3) is 21.3 Å². The van der Waals surface area contributed by atoms with E-state index in [2.05, 4.69) is 20.6 Å². The fraction of sp³-hybridized carbons (Fsp3) is 0.407. The average molecular weight is 624 g/mol. The van der Waals surface area contributed by atoms with Gasteiger partial charge >= 0.3 is 12.1 Å². The van der Waals surface area contributed by atoms with E-state index in [-0.39, 0.29) is 47.4 Å². The Morgan fingerprint density at radius 2 is 1.81 bits per heavy atom. The molecule has 42 heavy (non-hydrogen) atoms. The number of nitrogens with zero attached hydrogens (tertiary/aromatic N) is 3. The van der Waals surface area contributed by atoms with E-state index >= 15 is 0 Å². The topological polar surface area (TPSA) is 142 Å². The number of carbonyl (C=O) groups is 4. The first-order valence-corrected chi connectivity index (χ1v) is 14.0. The first-order chi connectivity index (χ1) is 19.6. The van der Waals surface area contributed by atoms with Crippen molar-refractivity contribution >= 4 is 62.5 Å². The third-order valence-electron chi connectivity index (χ3n) is 7.77. The monoisotopic (exact) mass is 623 g/mol. The first kappa shape index (κ1) is 29.9. The minimum absolute atomic E-state index is 0.0538. The molecule has 6 rings (SSSR count). The van der Waals surface area contributed by atoms with Crippen LogP contribution in [0.1, 0.15) is 24.4 Å². The number of alkyl halides is 3. The third-order valence-corrected chi connectivity index (χ3v) is 9.11. The number of carboxylic acids is 1. The average Bonchev–Trinajstić information content (AvgIpc) is 3.10. The van der Waals surface area contributed by atoms with Gasteiger partial charge in [-0.3, -0.25) is 24.3 Å². The molecule has 3 aromatic rings. The van der Waals surface area contributed by atoms with Crippen LogP contribution in [-0.4, -0.2) is 62.9 Å². The van der Waals surface area contributed by atoms with Crippen LogP contribution in [0.2, 0.25) is 5.15 Å². The van der Waals surface area contributed by atoms with Crippen LogP contribution in [0.5, 0.6) is 0 Å². The van der Waals surface area contributed by atoms with Crippen molar-refractivity contribution in [1.82, 2.24) is 20.2 Å². The molecule has 0 aromatic carbocycles. The summed E-state index contributed by atoms with van der Waals surface area (Å²) >= 11 is 7.82. The highest BCUT2D eigenvalue weighted by atomic mass is 35.5. The maximum atomic E-state index is 12.8. The summed E-state index contributed by atoms with van der Waals surface area (Å²) in [7, 11) is 0. The van der Waals surface area contributed by atoms with Crippen molar-refractivity contribution in [2.24, 2.45) is 23.2 Å². The lowest BCUT2D eigenvalue weighted by Gasteiger charge is -2.26. The molecule has 5 heterocycles. The smallest absolute Gasteiger partial charge is 0.475 e. The van der Waals surface area contributed by atoms with Gasteiger partial charge in [-0.15, -0.1) is 11.3 Å². The lowest BCUT2D eigenvalue weighted by molar-refractivity contribution is -0.192. The Hall–Kier alpha value is -3.62. The number of fused-ring (bicyclic) bond motifs is 2. The quantitative estimate of drug-likeness (QED) is 0.283. The number of amides is 3. The molecule has 0 radical (unpaired) electrons. The summed E-state index contributed by atoms with van der Waals surface area (Å²) < 4.78 is 32.6. The van der Waals surface area contributed by atoms with Gasteiger partial charge in [0.1, 0.15) is 5.15 Å². The van der Waals surface area contributed by atoms with Crippen molar-refractivity contribution in [3.63, 3.8) is 0 Å². The van der Waals surface area contributed by atoms with Gasteiger partial charge < -0.3 is 15.7 Å². The molecule has 1 saturated carbocycles. The number of carboxylic acid groups (broad SMARTS) is 1. The van der Waals surface area contributed by atoms with Gasteiger partial charge in [0.15, 0.2) is 0 Å². The maximum Gasteiger partial charge on any atom is 0.490 e. The Labute approximate surface area is 246 Å². The molecule has 222 valence electrons. The highest BCUT2D eigenvalue weighted by molar-refractivity contribution is 7.19. The normalized spacial score (nSPS) is 21.0. The summed E-state index contributed by atoms with van der Waals surface area (Å²) in [6.07, 6.45) is -3.37. The Kier molecular flexibility index (Phi) is 7.52. The predicted molar refractivity (Wildman–Crippen MR) is 148 cm³/mol. The second-order valence-electron chi connectivity index (χ2n) is 10.9. The number of aryl methyl sites for hydroxylation is 1. The number of likely N-dealkylation sites (tertiary alicyclic amines) is 1. The number of nitrogens with one attached hydrogen (secondary N) is 2. The number of piperidine rings is 1. The number of aromatic nitrogens is 2. The van der Waals surface area contributed by atoms with Gasteiger partial charge in [-0.25, -0.2) is 9.78 Å². The van der Waals surface area contributed by atoms with Gasteiger partial charge in [0.2, 0.25) is 17.7 Å². The van der Waals surface area contributed by atoms with Gasteiger partial charge in [0.05, 0.1) is 45.9 Å². The fourth-order valence-corrected chi connectivity index (χ4v) is 6.66. The molecule has 2 aliphatic heterocycles. The summed E-state index contributed by atoms with van der Waals surface area (Å²) in [4.78, 5) is 58.4. The molecule has 2 atom stereocenters. The number of hydrogen-bond donors (Lipinski definition) is 3. The summed E-state index contributed by atoms with van der Waals surface area (Å²) in [6.45, 7) is 7.33. The molecule has 3 fully saturated rings. The van der Waals surface area contributed by atoms with Gasteiger partial charge in [-0.05, 0) is 30.5 Å². The Balaban J connectivity index is 0.000000451. The van der Waals surface area contributed by atoms with Crippen LogP contribution in [-0.2, 0) is 25.7 Å². The van der Waals surface area contributed by atoms with E-state index in [1.807, 2.05) is 32.9 Å². The summed E-state index contributed by atoms with van der Waals surface area (Å²) in [5, 5.41) is 13.6. The van der Waals surface area contributed by atoms with Crippen molar-refractivity contribution < 1.29 is 37.5 Å². The fourth-order valence-electron chi connectivity index (χ4n) is 5.30. The molecule has 10 nitrogen and oxygen atoms in total. The minimum atomic E-state index is -5.08. The van der Waals surface area contributed by atoms with Crippen molar-refractivity contribution in [3.8, 4) is 11.1 Å². The van der Waals surface area contributed by atoms with Gasteiger partial charge in [0, 0.05) is 35.3 Å². The molecular weight excluding hydrogens is 599 g/mol. The third kappa shape index (κ3) is 5.34. The number of imide groups is 1. The second-order valence-corrected chi connectivity index (χ2v) is 12.4. The number of hydrogen-bond acceptors (Lipinski definition) is 8. The SMILES string of the molecule is Cc1nc(Cl)cc(-c2ccnc3cc(CN4C(=O)C5C(C4=O)C5(C)C)sc23)c1NC(=O)C1CNC1.O=C(O)C(F)(F)F. The Morgan fingerprint density at radius 1 is 1.19 bits per heavy atom. The standard InChI is InChI=1S/C25H24ClN5O3S.C2HF3O2/c1-11-20(30-22(32)12-8-27-9-12)15(7-17(26)29-11)14-4-5-28-16-6-13(35-21(14)16)10-31-23(33)18-19(24(31)34)25(18,2)3;3-2(4,5)1(6)7/h4-7,12,18-19,27H,8-10H2,1-3H3,(H,30,32);(H,6,7). The maximum absolute atomic E-state index is 12.8. The first-order valence-electron chi connectivity index (χ1n) is 12.8. The molecule has 3 N–H and O–H groups in total. The summed E-state index contributed by atoms with van der Waals surface area (Å²) in [6, 6.07) is 5.56. The van der Waals surface area contributed by atoms with Gasteiger partial charge in [-0.1, -0.05) is 25.4 Å². The van der Waals surface area contributed by atoms with Crippen LogP contribution in [0.15, 0.2) is 24.4 Å². The highest BCUT2D eigenvalue weighted by Crippen LogP contribution is 2.63. The van der Waals surface area contributed by atoms with E-state index in [1.54, 1.807) is 12.3 Å². The minimum Gasteiger partial charge on any atom is -0.475 e. The Morgan fingerprint density at radius 3 is 2.36 bits per heavy atom. The molecule has 3 aromatic heterocycles. The number of thiophene rings is 1.